The Balaban J connectivity index is 1.61. The number of anilines is 1. The molecule has 3 unspecified atom stereocenters. The van der Waals surface area contributed by atoms with Crippen molar-refractivity contribution in [2.24, 2.45) is 11.8 Å². The number of pyridine rings is 1. The number of aryl methyl sites for hydroxylation is 1. The fourth-order valence-corrected chi connectivity index (χ4v) is 6.68. The summed E-state index contributed by atoms with van der Waals surface area (Å²) >= 11 is 6.87. The van der Waals surface area contributed by atoms with Crippen molar-refractivity contribution in [3.05, 3.63) is 80.6 Å². The molecule has 4 heterocycles. The number of carbonyl (C=O) groups excluding carboxylic acids is 1. The molecule has 186 valence electrons. The van der Waals surface area contributed by atoms with E-state index in [0.29, 0.717) is 38.1 Å². The van der Waals surface area contributed by atoms with E-state index < -0.39 is 0 Å². The van der Waals surface area contributed by atoms with Gasteiger partial charge in [-0.3, -0.25) is 18.9 Å². The molecule has 0 aliphatic carbocycles. The number of piperidine rings is 1. The van der Waals surface area contributed by atoms with Crippen molar-refractivity contribution in [2.75, 3.05) is 18.0 Å². The minimum Gasteiger partial charge on any atom is -0.355 e. The van der Waals surface area contributed by atoms with Crippen LogP contribution in [0.25, 0.3) is 11.7 Å². The van der Waals surface area contributed by atoms with E-state index in [4.69, 9.17) is 17.2 Å². The fraction of sp³-hybridized carbons (Fsp3) is 0.357. The molecule has 0 saturated carbocycles. The Bertz CT molecular complexity index is 1420. The van der Waals surface area contributed by atoms with E-state index in [1.807, 2.05) is 56.3 Å². The highest BCUT2D eigenvalue weighted by Gasteiger charge is 2.37. The van der Waals surface area contributed by atoms with Gasteiger partial charge in [0.1, 0.15) is 15.8 Å². The zero-order valence-electron chi connectivity index (χ0n) is 21.0. The largest absolute Gasteiger partial charge is 0.355 e. The molecule has 1 amide bonds. The van der Waals surface area contributed by atoms with E-state index in [1.54, 1.807) is 21.6 Å². The first-order valence-corrected chi connectivity index (χ1v) is 13.6. The Labute approximate surface area is 221 Å². The minimum absolute atomic E-state index is 0.175. The Kier molecular flexibility index (Phi) is 6.74. The third-order valence-corrected chi connectivity index (χ3v) is 8.25. The molecule has 0 bridgehead atoms. The monoisotopic (exact) mass is 518 g/mol. The van der Waals surface area contributed by atoms with E-state index in [1.165, 1.54) is 11.8 Å². The van der Waals surface area contributed by atoms with Gasteiger partial charge in [0.25, 0.3) is 11.5 Å². The Morgan fingerprint density at radius 3 is 2.47 bits per heavy atom. The lowest BCUT2D eigenvalue weighted by Crippen LogP contribution is -2.40. The van der Waals surface area contributed by atoms with Crippen molar-refractivity contribution in [3.8, 4) is 0 Å². The van der Waals surface area contributed by atoms with Gasteiger partial charge in [-0.15, -0.1) is 0 Å². The Hall–Kier alpha value is -2.97. The third kappa shape index (κ3) is 4.60. The smallest absolute Gasteiger partial charge is 0.267 e. The molecule has 2 aromatic heterocycles. The van der Waals surface area contributed by atoms with E-state index in [0.717, 1.165) is 30.6 Å². The number of hydrogen-bond acceptors (Lipinski definition) is 6. The summed E-state index contributed by atoms with van der Waals surface area (Å²) in [6.45, 7) is 10.0. The first-order chi connectivity index (χ1) is 17.2. The third-order valence-electron chi connectivity index (χ3n) is 6.92. The van der Waals surface area contributed by atoms with Crippen LogP contribution in [0.3, 0.4) is 0 Å². The van der Waals surface area contributed by atoms with Gasteiger partial charge < -0.3 is 4.90 Å². The van der Waals surface area contributed by atoms with Crippen LogP contribution in [-0.4, -0.2) is 37.6 Å². The molecule has 2 aliphatic rings. The van der Waals surface area contributed by atoms with Gasteiger partial charge in [-0.1, -0.05) is 74.2 Å². The molecular formula is C28H30N4O2S2. The highest BCUT2D eigenvalue weighted by atomic mass is 32.2. The molecular weight excluding hydrogens is 488 g/mol. The highest BCUT2D eigenvalue weighted by Crippen LogP contribution is 2.39. The molecule has 2 aliphatic heterocycles. The SMILES string of the molecule is Cc1ccc2nc(N3CC(C)CC(C)C3)c(/C=C3/SC(=S)N(C(C)c4ccccc4)C3=O)c(=O)n2c1. The second-order valence-electron chi connectivity index (χ2n) is 10.1. The quantitative estimate of drug-likeness (QED) is 0.338. The molecule has 3 atom stereocenters. The van der Waals surface area contributed by atoms with Crippen LogP contribution < -0.4 is 10.5 Å². The van der Waals surface area contributed by atoms with Gasteiger partial charge in [-0.05, 0) is 55.4 Å². The zero-order valence-corrected chi connectivity index (χ0v) is 22.6. The maximum absolute atomic E-state index is 13.8. The van der Waals surface area contributed by atoms with Crippen LogP contribution in [0.1, 0.15) is 49.9 Å². The number of benzene rings is 1. The van der Waals surface area contributed by atoms with Crippen molar-refractivity contribution in [1.29, 1.82) is 0 Å². The normalized spacial score (nSPS) is 22.6. The second kappa shape index (κ2) is 9.82. The Morgan fingerprint density at radius 1 is 1.08 bits per heavy atom. The van der Waals surface area contributed by atoms with Gasteiger partial charge in [0.05, 0.1) is 16.5 Å². The summed E-state index contributed by atoms with van der Waals surface area (Å²) < 4.78 is 2.07. The summed E-state index contributed by atoms with van der Waals surface area (Å²) in [5, 5.41) is 0. The van der Waals surface area contributed by atoms with Crippen LogP contribution in [0.5, 0.6) is 0 Å². The average Bonchev–Trinajstić information content (AvgIpc) is 3.13. The van der Waals surface area contributed by atoms with Gasteiger partial charge in [0, 0.05) is 19.3 Å². The number of amides is 1. The van der Waals surface area contributed by atoms with Gasteiger partial charge in [0.2, 0.25) is 0 Å². The van der Waals surface area contributed by atoms with E-state index >= 15 is 0 Å². The zero-order chi connectivity index (χ0) is 25.6. The van der Waals surface area contributed by atoms with Crippen molar-refractivity contribution < 1.29 is 4.79 Å². The molecule has 2 fully saturated rings. The minimum atomic E-state index is -0.202. The van der Waals surface area contributed by atoms with Crippen LogP contribution in [-0.2, 0) is 4.79 Å². The summed E-state index contributed by atoms with van der Waals surface area (Å²) in [6, 6.07) is 13.5. The average molecular weight is 519 g/mol. The molecule has 2 saturated heterocycles. The summed E-state index contributed by atoms with van der Waals surface area (Å²) in [5.41, 5.74) is 2.84. The first kappa shape index (κ1) is 24.7. The predicted octanol–water partition coefficient (Wildman–Crippen LogP) is 5.45. The molecule has 6 nitrogen and oxygen atoms in total. The lowest BCUT2D eigenvalue weighted by Gasteiger charge is -2.36. The first-order valence-electron chi connectivity index (χ1n) is 12.3. The number of nitrogens with zero attached hydrogens (tertiary/aromatic N) is 4. The molecule has 0 radical (unpaired) electrons. The molecule has 0 N–H and O–H groups in total. The lowest BCUT2D eigenvalue weighted by molar-refractivity contribution is -0.123. The van der Waals surface area contributed by atoms with E-state index in [-0.39, 0.29) is 17.5 Å². The maximum Gasteiger partial charge on any atom is 0.267 e. The van der Waals surface area contributed by atoms with Crippen LogP contribution in [0.2, 0.25) is 0 Å². The summed E-state index contributed by atoms with van der Waals surface area (Å²) in [6.07, 6.45) is 4.66. The standard InChI is InChI=1S/C28H30N4O2S2/c1-17-10-11-24-29-25(30-14-18(2)12-19(3)15-30)22(26(33)31(24)16-17)13-23-27(34)32(28(35)36-23)20(4)21-8-6-5-7-9-21/h5-11,13,16,18-20H,12,14-15H2,1-4H3/b23-13+. The number of thiocarbonyl (C=S) groups is 1. The number of hydrogen-bond donors (Lipinski definition) is 0. The van der Waals surface area contributed by atoms with Crippen LogP contribution in [0, 0.1) is 18.8 Å². The van der Waals surface area contributed by atoms with Crippen molar-refractivity contribution in [2.45, 2.75) is 40.2 Å². The molecule has 0 spiro atoms. The van der Waals surface area contributed by atoms with Crippen LogP contribution in [0.4, 0.5) is 5.82 Å². The topological polar surface area (TPSA) is 57.9 Å². The summed E-state index contributed by atoms with van der Waals surface area (Å²) in [4.78, 5) is 36.6. The summed E-state index contributed by atoms with van der Waals surface area (Å²) in [7, 11) is 0. The Morgan fingerprint density at radius 2 is 1.78 bits per heavy atom. The molecule has 5 rings (SSSR count). The number of rotatable bonds is 4. The molecule has 8 heteroatoms. The number of thioether (sulfide) groups is 1. The van der Waals surface area contributed by atoms with Gasteiger partial charge in [0.15, 0.2) is 0 Å². The predicted molar refractivity (Wildman–Crippen MR) is 151 cm³/mol. The highest BCUT2D eigenvalue weighted by molar-refractivity contribution is 8.26. The van der Waals surface area contributed by atoms with Gasteiger partial charge in [-0.25, -0.2) is 4.98 Å². The van der Waals surface area contributed by atoms with Crippen LogP contribution >= 0.6 is 24.0 Å². The fourth-order valence-electron chi connectivity index (χ4n) is 5.28. The number of aromatic nitrogens is 2. The van der Waals surface area contributed by atoms with Crippen molar-refractivity contribution >= 4 is 51.7 Å². The number of fused-ring (bicyclic) bond motifs is 1. The second-order valence-corrected chi connectivity index (χ2v) is 11.8. The van der Waals surface area contributed by atoms with Gasteiger partial charge in [-0.2, -0.15) is 0 Å². The number of carbonyl (C=O) groups is 1. The van der Waals surface area contributed by atoms with Crippen LogP contribution in [0.15, 0.2) is 58.4 Å². The van der Waals surface area contributed by atoms with Crippen molar-refractivity contribution in [1.82, 2.24) is 14.3 Å². The van der Waals surface area contributed by atoms with E-state index in [9.17, 15) is 9.59 Å². The summed E-state index contributed by atoms with van der Waals surface area (Å²) in [5.74, 6) is 1.44. The lowest BCUT2D eigenvalue weighted by atomic mass is 9.91. The van der Waals surface area contributed by atoms with E-state index in [2.05, 4.69) is 18.7 Å². The van der Waals surface area contributed by atoms with Gasteiger partial charge >= 0.3 is 0 Å². The molecule has 36 heavy (non-hydrogen) atoms. The van der Waals surface area contributed by atoms with Crippen molar-refractivity contribution in [3.63, 3.8) is 0 Å². The molecule has 3 aromatic rings. The maximum atomic E-state index is 13.8. The molecule has 1 aromatic carbocycles.